The summed E-state index contributed by atoms with van der Waals surface area (Å²) < 4.78 is 22.1. The molecule has 2 N–H and O–H groups in total. The second-order valence-corrected chi connectivity index (χ2v) is 9.04. The molecule has 0 spiro atoms. The molecule has 4 rings (SSSR count). The maximum Gasteiger partial charge on any atom is 0.279 e. The van der Waals surface area contributed by atoms with Gasteiger partial charge in [-0.3, -0.25) is 9.89 Å². The van der Waals surface area contributed by atoms with Crippen molar-refractivity contribution in [2.24, 2.45) is 0 Å². The summed E-state index contributed by atoms with van der Waals surface area (Å²) in [7, 11) is -2.75. The molecule has 7 heteroatoms. The summed E-state index contributed by atoms with van der Waals surface area (Å²) in [4.78, 5) is 16.8. The molecule has 136 valence electrons. The highest BCUT2D eigenvalue weighted by molar-refractivity contribution is 7.93. The van der Waals surface area contributed by atoms with E-state index in [1.54, 1.807) is 48.5 Å². The topological polar surface area (TPSA) is 83.1 Å². The number of nitrogens with zero attached hydrogens (tertiary/aromatic N) is 2. The van der Waals surface area contributed by atoms with E-state index in [-0.39, 0.29) is 10.8 Å². The van der Waals surface area contributed by atoms with Gasteiger partial charge in [0.1, 0.15) is 0 Å². The van der Waals surface area contributed by atoms with Crippen molar-refractivity contribution in [2.45, 2.75) is 29.9 Å². The summed E-state index contributed by atoms with van der Waals surface area (Å²) in [5.41, 5.74) is 2.99. The number of nitrogens with one attached hydrogen (secondary N) is 2. The normalized spacial score (nSPS) is 15.9. The Morgan fingerprint density at radius 3 is 2.33 bits per heavy atom. The van der Waals surface area contributed by atoms with Gasteiger partial charge < -0.3 is 0 Å². The second-order valence-electron chi connectivity index (χ2n) is 6.70. The van der Waals surface area contributed by atoms with Crippen LogP contribution in [0.2, 0.25) is 0 Å². The zero-order chi connectivity index (χ0) is 19.2. The molecule has 0 radical (unpaired) electrons. The molecule has 1 aliphatic rings. The van der Waals surface area contributed by atoms with Crippen LogP contribution in [0.5, 0.6) is 0 Å². The average Bonchev–Trinajstić information content (AvgIpc) is 3.49. The lowest BCUT2D eigenvalue weighted by Gasteiger charge is -2.07. The summed E-state index contributed by atoms with van der Waals surface area (Å²) in [6, 6.07) is 13.7. The predicted octanol–water partition coefficient (Wildman–Crippen LogP) is 4.26. The van der Waals surface area contributed by atoms with Gasteiger partial charge in [0.2, 0.25) is 0 Å². The predicted molar refractivity (Wildman–Crippen MR) is 105 cm³/mol. The van der Waals surface area contributed by atoms with Crippen molar-refractivity contribution in [3.05, 3.63) is 76.0 Å². The Balaban J connectivity index is 1.73. The summed E-state index contributed by atoms with van der Waals surface area (Å²) in [6.45, 7) is 8.86. The third-order valence-corrected chi connectivity index (χ3v) is 7.18. The van der Waals surface area contributed by atoms with Crippen LogP contribution >= 0.6 is 0 Å². The lowest BCUT2D eigenvalue weighted by atomic mass is 10.1. The quantitative estimate of drug-likeness (QED) is 0.665. The zero-order valence-electron chi connectivity index (χ0n) is 14.7. The lowest BCUT2D eigenvalue weighted by molar-refractivity contribution is 0.673. The van der Waals surface area contributed by atoms with Crippen LogP contribution in [-0.2, 0) is 9.73 Å². The van der Waals surface area contributed by atoms with Crippen LogP contribution in [0.25, 0.3) is 21.7 Å². The van der Waals surface area contributed by atoms with Gasteiger partial charge in [-0.25, -0.2) is 18.5 Å². The summed E-state index contributed by atoms with van der Waals surface area (Å²) in [6.07, 6.45) is 1.68. The number of rotatable bonds is 4. The van der Waals surface area contributed by atoms with Gasteiger partial charge in [-0.05, 0) is 49.6 Å². The lowest BCUT2D eigenvalue weighted by Crippen LogP contribution is -2.16. The van der Waals surface area contributed by atoms with Gasteiger partial charge in [0.15, 0.2) is 5.69 Å². The van der Waals surface area contributed by atoms with Crippen LogP contribution < -0.4 is 5.56 Å². The first-order valence-electron chi connectivity index (χ1n) is 8.59. The monoisotopic (exact) mass is 378 g/mol. The van der Waals surface area contributed by atoms with Crippen molar-refractivity contribution in [3.8, 4) is 16.8 Å². The first kappa shape index (κ1) is 17.3. The molecule has 0 bridgehead atoms. The van der Waals surface area contributed by atoms with Crippen LogP contribution in [0.1, 0.15) is 18.5 Å². The summed E-state index contributed by atoms with van der Waals surface area (Å²) in [5, 5.41) is 3.04. The maximum atomic E-state index is 12.9. The Bertz CT molecular complexity index is 1210. The second kappa shape index (κ2) is 6.25. The Hall–Kier alpha value is -3.11. The van der Waals surface area contributed by atoms with E-state index in [1.807, 2.05) is 6.92 Å². The van der Waals surface area contributed by atoms with E-state index < -0.39 is 9.73 Å². The fraction of sp³-hybridized carbons (Fsp3) is 0.200. The molecule has 1 aromatic heterocycles. The number of aryl methyl sites for hydroxylation is 1. The van der Waals surface area contributed by atoms with E-state index in [0.29, 0.717) is 21.8 Å². The Morgan fingerprint density at radius 1 is 1.15 bits per heavy atom. The Kier molecular flexibility index (Phi) is 4.01. The minimum atomic E-state index is -2.75. The van der Waals surface area contributed by atoms with Crippen molar-refractivity contribution in [2.75, 3.05) is 0 Å². The molecule has 0 unspecified atom stereocenters. The van der Waals surface area contributed by atoms with Gasteiger partial charge in [0.05, 0.1) is 27.6 Å². The number of hydrogen-bond donors (Lipinski definition) is 2. The van der Waals surface area contributed by atoms with Crippen molar-refractivity contribution in [3.63, 3.8) is 0 Å². The van der Waals surface area contributed by atoms with E-state index in [4.69, 9.17) is 11.4 Å². The molecule has 2 aromatic carbocycles. The van der Waals surface area contributed by atoms with E-state index >= 15 is 0 Å². The number of aromatic amines is 1. The molecule has 0 amide bonds. The van der Waals surface area contributed by atoms with Crippen LogP contribution in [0, 0.1) is 18.3 Å². The van der Waals surface area contributed by atoms with Gasteiger partial charge in [-0.1, -0.05) is 24.3 Å². The fourth-order valence-corrected chi connectivity index (χ4v) is 4.89. The van der Waals surface area contributed by atoms with E-state index in [0.717, 1.165) is 24.1 Å². The molecule has 1 heterocycles. The van der Waals surface area contributed by atoms with Crippen LogP contribution in [0.15, 0.2) is 58.2 Å². The first-order valence-corrected chi connectivity index (χ1v) is 10.2. The van der Waals surface area contributed by atoms with Gasteiger partial charge in [0.25, 0.3) is 5.56 Å². The first-order chi connectivity index (χ1) is 12.9. The smallest absolute Gasteiger partial charge is 0.279 e. The minimum Gasteiger partial charge on any atom is -0.295 e. The largest absolute Gasteiger partial charge is 0.295 e. The highest BCUT2D eigenvalue weighted by Gasteiger charge is 2.33. The van der Waals surface area contributed by atoms with Gasteiger partial charge >= 0.3 is 0 Å². The molecule has 6 nitrogen and oxygen atoms in total. The SMILES string of the molecule is [C-]#[N+]c1ccc(-c2c(C)[nH]n(-c3ccc([S@](=N)(=O)C4CC4)cc3)c2=O)cc1. The van der Waals surface area contributed by atoms with Crippen LogP contribution in [-0.4, -0.2) is 19.2 Å². The van der Waals surface area contributed by atoms with Gasteiger partial charge in [0, 0.05) is 15.8 Å². The third-order valence-electron chi connectivity index (χ3n) is 4.80. The molecule has 0 saturated heterocycles. The molecular formula is C20H18N4O2S. The number of benzene rings is 2. The van der Waals surface area contributed by atoms with Crippen molar-refractivity contribution < 1.29 is 4.21 Å². The highest BCUT2D eigenvalue weighted by atomic mass is 32.2. The third kappa shape index (κ3) is 2.98. The number of H-pyrrole nitrogens is 1. The standard InChI is InChI=1S/C20H18N4O2S/c1-13-19(14-3-5-15(22-2)6-4-14)20(25)24(23-13)16-7-9-17(10-8-16)27(21,26)18-11-12-18/h3-10,18,21,23H,11-12H2,1H3/t27-/m0/s1. The van der Waals surface area contributed by atoms with Crippen LogP contribution in [0.4, 0.5) is 5.69 Å². The van der Waals surface area contributed by atoms with Crippen molar-refractivity contribution in [1.29, 1.82) is 4.78 Å². The van der Waals surface area contributed by atoms with Crippen molar-refractivity contribution >= 4 is 15.4 Å². The summed E-state index contributed by atoms with van der Waals surface area (Å²) in [5.74, 6) is 0. The molecular weight excluding hydrogens is 360 g/mol. The average molecular weight is 378 g/mol. The molecule has 1 atom stereocenters. The molecule has 0 aliphatic heterocycles. The number of aromatic nitrogens is 2. The zero-order valence-corrected chi connectivity index (χ0v) is 15.5. The molecule has 1 saturated carbocycles. The minimum absolute atomic E-state index is 0.0381. The van der Waals surface area contributed by atoms with E-state index in [2.05, 4.69) is 9.94 Å². The number of hydrogen-bond acceptors (Lipinski definition) is 3. The van der Waals surface area contributed by atoms with Crippen LogP contribution in [0.3, 0.4) is 0 Å². The Labute approximate surface area is 157 Å². The van der Waals surface area contributed by atoms with E-state index in [9.17, 15) is 9.00 Å². The van der Waals surface area contributed by atoms with Crippen molar-refractivity contribution in [1.82, 2.24) is 9.78 Å². The molecule has 3 aromatic rings. The van der Waals surface area contributed by atoms with Gasteiger partial charge in [-0.2, -0.15) is 0 Å². The van der Waals surface area contributed by atoms with Gasteiger partial charge in [-0.15, -0.1) is 0 Å². The Morgan fingerprint density at radius 2 is 1.78 bits per heavy atom. The summed E-state index contributed by atoms with van der Waals surface area (Å²) >= 11 is 0. The molecule has 27 heavy (non-hydrogen) atoms. The molecule has 1 fully saturated rings. The van der Waals surface area contributed by atoms with E-state index in [1.165, 1.54) is 4.68 Å². The fourth-order valence-electron chi connectivity index (χ4n) is 3.16. The highest BCUT2D eigenvalue weighted by Crippen LogP contribution is 2.34. The maximum absolute atomic E-state index is 12.9. The molecule has 1 aliphatic carbocycles.